The lowest BCUT2D eigenvalue weighted by Crippen LogP contribution is -1.90. The van der Waals surface area contributed by atoms with E-state index in [1.807, 2.05) is 50.3 Å². The highest BCUT2D eigenvalue weighted by molar-refractivity contribution is 5.38. The third kappa shape index (κ3) is 2.97. The van der Waals surface area contributed by atoms with Crippen LogP contribution in [0.2, 0.25) is 0 Å². The predicted octanol–water partition coefficient (Wildman–Crippen LogP) is 3.07. The maximum atomic E-state index is 8.63. The van der Waals surface area contributed by atoms with Crippen molar-refractivity contribution in [1.29, 1.82) is 10.5 Å². The van der Waals surface area contributed by atoms with E-state index in [1.165, 1.54) is 5.56 Å². The number of hydrogen-bond donors (Lipinski definition) is 0. The molecule has 0 heterocycles. The second kappa shape index (κ2) is 4.98. The van der Waals surface area contributed by atoms with Gasteiger partial charge >= 0.3 is 0 Å². The smallest absolute Gasteiger partial charge is 0.126 e. The summed E-state index contributed by atoms with van der Waals surface area (Å²) in [5, 5.41) is 17.3. The van der Waals surface area contributed by atoms with Gasteiger partial charge in [0.25, 0.3) is 0 Å². The molecule has 0 N–H and O–H groups in total. The molecular formula is C13H12N2. The number of benzene rings is 1. The van der Waals surface area contributed by atoms with E-state index < -0.39 is 0 Å². The Morgan fingerprint density at radius 3 is 2.20 bits per heavy atom. The number of hydrogen-bond acceptors (Lipinski definition) is 2. The van der Waals surface area contributed by atoms with Gasteiger partial charge in [-0.2, -0.15) is 10.5 Å². The molecule has 0 aliphatic carbocycles. The second-order valence-electron chi connectivity index (χ2n) is 3.50. The predicted molar refractivity (Wildman–Crippen MR) is 58.9 cm³/mol. The summed E-state index contributed by atoms with van der Waals surface area (Å²) < 4.78 is 0. The van der Waals surface area contributed by atoms with Gasteiger partial charge in [0.05, 0.1) is 0 Å². The minimum Gasteiger partial charge on any atom is -0.192 e. The fourth-order valence-corrected chi connectivity index (χ4v) is 1.32. The van der Waals surface area contributed by atoms with Crippen LogP contribution in [0.4, 0.5) is 0 Å². The van der Waals surface area contributed by atoms with E-state index in [1.54, 1.807) is 6.08 Å². The number of nitriles is 2. The summed E-state index contributed by atoms with van der Waals surface area (Å²) in [4.78, 5) is 0. The molecule has 0 amide bonds. The third-order valence-electron chi connectivity index (χ3n) is 2.26. The Bertz CT molecular complexity index is 425. The van der Waals surface area contributed by atoms with Crippen molar-refractivity contribution in [1.82, 2.24) is 0 Å². The minimum atomic E-state index is 0.0971. The quantitative estimate of drug-likeness (QED) is 0.682. The van der Waals surface area contributed by atoms with Gasteiger partial charge in [-0.3, -0.25) is 0 Å². The van der Waals surface area contributed by atoms with Gasteiger partial charge in [0.1, 0.15) is 17.7 Å². The molecule has 0 aromatic heterocycles. The monoisotopic (exact) mass is 196 g/mol. The summed E-state index contributed by atoms with van der Waals surface area (Å²) in [6.45, 7) is 4.00. The lowest BCUT2D eigenvalue weighted by molar-refractivity contribution is 0.961. The Kier molecular flexibility index (Phi) is 3.66. The number of rotatable bonds is 2. The van der Waals surface area contributed by atoms with Gasteiger partial charge < -0.3 is 0 Å². The standard InChI is InChI=1S/C13H12N2/c1-10-3-5-13(6-4-10)11(2)7-12(8-14)9-15/h3-7,11H,1-2H3. The fourth-order valence-electron chi connectivity index (χ4n) is 1.32. The van der Waals surface area contributed by atoms with Crippen LogP contribution >= 0.6 is 0 Å². The lowest BCUT2D eigenvalue weighted by atomic mass is 9.98. The molecule has 0 saturated heterocycles. The zero-order valence-electron chi connectivity index (χ0n) is 8.86. The molecule has 0 bridgehead atoms. The third-order valence-corrected chi connectivity index (χ3v) is 2.26. The van der Waals surface area contributed by atoms with Crippen molar-refractivity contribution >= 4 is 0 Å². The Morgan fingerprint density at radius 2 is 1.73 bits per heavy atom. The normalized spacial score (nSPS) is 10.9. The average Bonchev–Trinajstić information content (AvgIpc) is 2.26. The van der Waals surface area contributed by atoms with Crippen LogP contribution in [0, 0.1) is 29.6 Å². The molecule has 2 heteroatoms. The van der Waals surface area contributed by atoms with Crippen molar-refractivity contribution in [2.24, 2.45) is 0 Å². The highest BCUT2D eigenvalue weighted by Crippen LogP contribution is 2.18. The molecule has 0 aliphatic heterocycles. The van der Waals surface area contributed by atoms with Crippen LogP contribution in [-0.4, -0.2) is 0 Å². The summed E-state index contributed by atoms with van der Waals surface area (Å²) in [6.07, 6.45) is 1.69. The van der Waals surface area contributed by atoms with Gasteiger partial charge in [0, 0.05) is 5.92 Å². The van der Waals surface area contributed by atoms with E-state index in [2.05, 4.69) is 0 Å². The summed E-state index contributed by atoms with van der Waals surface area (Å²) in [5.74, 6) is 0.0971. The van der Waals surface area contributed by atoms with Crippen molar-refractivity contribution in [2.75, 3.05) is 0 Å². The number of aryl methyl sites for hydroxylation is 1. The van der Waals surface area contributed by atoms with Crippen LogP contribution in [-0.2, 0) is 0 Å². The molecule has 0 fully saturated rings. The molecule has 0 aliphatic rings. The molecule has 15 heavy (non-hydrogen) atoms. The molecule has 0 spiro atoms. The zero-order valence-corrected chi connectivity index (χ0v) is 8.86. The Balaban J connectivity index is 2.92. The van der Waals surface area contributed by atoms with Crippen molar-refractivity contribution < 1.29 is 0 Å². The molecule has 0 saturated carbocycles. The molecule has 1 rings (SSSR count). The summed E-state index contributed by atoms with van der Waals surface area (Å²) >= 11 is 0. The number of allylic oxidation sites excluding steroid dienone is 2. The van der Waals surface area contributed by atoms with Crippen LogP contribution < -0.4 is 0 Å². The van der Waals surface area contributed by atoms with E-state index in [0.717, 1.165) is 5.56 Å². The topological polar surface area (TPSA) is 47.6 Å². The van der Waals surface area contributed by atoms with Crippen LogP contribution in [0.5, 0.6) is 0 Å². The van der Waals surface area contributed by atoms with Crippen molar-refractivity contribution in [3.8, 4) is 12.1 Å². The van der Waals surface area contributed by atoms with Crippen molar-refractivity contribution in [2.45, 2.75) is 19.8 Å². The van der Waals surface area contributed by atoms with Gasteiger partial charge in [0.2, 0.25) is 0 Å². The minimum absolute atomic E-state index is 0.0971. The fraction of sp³-hybridized carbons (Fsp3) is 0.231. The first-order valence-electron chi connectivity index (χ1n) is 4.76. The van der Waals surface area contributed by atoms with E-state index in [0.29, 0.717) is 0 Å². The highest BCUT2D eigenvalue weighted by Gasteiger charge is 2.03. The van der Waals surface area contributed by atoms with Crippen molar-refractivity contribution in [3.63, 3.8) is 0 Å². The van der Waals surface area contributed by atoms with Crippen LogP contribution in [0.1, 0.15) is 24.0 Å². The molecular weight excluding hydrogens is 184 g/mol. The summed E-state index contributed by atoms with van der Waals surface area (Å²) in [7, 11) is 0. The van der Waals surface area contributed by atoms with Gasteiger partial charge in [-0.1, -0.05) is 36.8 Å². The van der Waals surface area contributed by atoms with E-state index in [4.69, 9.17) is 10.5 Å². The molecule has 0 radical (unpaired) electrons. The second-order valence-corrected chi connectivity index (χ2v) is 3.50. The summed E-state index contributed by atoms with van der Waals surface area (Å²) in [5.41, 5.74) is 2.49. The lowest BCUT2D eigenvalue weighted by Gasteiger charge is -2.06. The van der Waals surface area contributed by atoms with E-state index in [-0.39, 0.29) is 11.5 Å². The molecule has 2 nitrogen and oxygen atoms in total. The van der Waals surface area contributed by atoms with Gasteiger partial charge in [-0.15, -0.1) is 0 Å². The first kappa shape index (κ1) is 11.0. The largest absolute Gasteiger partial charge is 0.192 e. The molecule has 1 aromatic rings. The number of nitrogens with zero attached hydrogens (tertiary/aromatic N) is 2. The summed E-state index contributed by atoms with van der Waals surface area (Å²) in [6, 6.07) is 11.8. The van der Waals surface area contributed by atoms with E-state index in [9.17, 15) is 0 Å². The Hall–Kier alpha value is -2.06. The van der Waals surface area contributed by atoms with Crippen LogP contribution in [0.15, 0.2) is 35.9 Å². The Morgan fingerprint density at radius 1 is 1.20 bits per heavy atom. The van der Waals surface area contributed by atoms with E-state index >= 15 is 0 Å². The molecule has 74 valence electrons. The molecule has 1 atom stereocenters. The highest BCUT2D eigenvalue weighted by atomic mass is 14.3. The van der Waals surface area contributed by atoms with Crippen LogP contribution in [0.3, 0.4) is 0 Å². The van der Waals surface area contributed by atoms with Gasteiger partial charge in [-0.25, -0.2) is 0 Å². The Labute approximate surface area is 90.1 Å². The first-order chi connectivity index (χ1) is 7.17. The zero-order chi connectivity index (χ0) is 11.3. The molecule has 1 aromatic carbocycles. The molecule has 1 unspecified atom stereocenters. The average molecular weight is 196 g/mol. The maximum absolute atomic E-state index is 8.63. The van der Waals surface area contributed by atoms with Gasteiger partial charge in [-0.05, 0) is 18.6 Å². The maximum Gasteiger partial charge on any atom is 0.126 e. The first-order valence-corrected chi connectivity index (χ1v) is 4.76. The SMILES string of the molecule is Cc1ccc(C(C)C=C(C#N)C#N)cc1. The van der Waals surface area contributed by atoms with Crippen molar-refractivity contribution in [3.05, 3.63) is 47.0 Å². The van der Waals surface area contributed by atoms with Gasteiger partial charge in [0.15, 0.2) is 0 Å². The van der Waals surface area contributed by atoms with Crippen LogP contribution in [0.25, 0.3) is 0 Å².